The van der Waals surface area contributed by atoms with Crippen LogP contribution in [0.2, 0.25) is 0 Å². The largest absolute Gasteiger partial charge is 0.361 e. The van der Waals surface area contributed by atoms with E-state index < -0.39 is 12.1 Å². The summed E-state index contributed by atoms with van der Waals surface area (Å²) in [5.41, 5.74) is 7.72. The van der Waals surface area contributed by atoms with Crippen LogP contribution in [0.1, 0.15) is 31.9 Å². The van der Waals surface area contributed by atoms with Crippen molar-refractivity contribution in [3.63, 3.8) is 0 Å². The predicted octanol–water partition coefficient (Wildman–Crippen LogP) is 3.50. The van der Waals surface area contributed by atoms with Crippen LogP contribution in [0.25, 0.3) is 0 Å². The molecule has 0 spiro atoms. The Bertz CT molecular complexity index is 530. The molecule has 1 aromatic rings. The molecule has 1 aliphatic rings. The van der Waals surface area contributed by atoms with Crippen molar-refractivity contribution < 1.29 is 8.78 Å². The van der Waals surface area contributed by atoms with Gasteiger partial charge in [-0.25, -0.2) is 8.78 Å². The number of rotatable bonds is 4. The second-order valence-corrected chi connectivity index (χ2v) is 5.12. The van der Waals surface area contributed by atoms with Gasteiger partial charge in [0.1, 0.15) is 6.17 Å². The molecule has 5 heteroatoms. The Kier molecular flexibility index (Phi) is 4.18. The van der Waals surface area contributed by atoms with Gasteiger partial charge in [-0.3, -0.25) is 4.99 Å². The molecular weight excluding hydrogens is 260 g/mol. The van der Waals surface area contributed by atoms with Gasteiger partial charge in [0.2, 0.25) is 0 Å². The maximum atomic E-state index is 13.3. The van der Waals surface area contributed by atoms with E-state index in [1.54, 1.807) is 0 Å². The lowest BCUT2D eigenvalue weighted by Gasteiger charge is -2.22. The number of nitrogens with one attached hydrogen (secondary N) is 1. The van der Waals surface area contributed by atoms with E-state index in [4.69, 9.17) is 5.73 Å². The number of anilines is 1. The number of hydrogen-bond donors (Lipinski definition) is 2. The molecule has 3 nitrogen and oxygen atoms in total. The molecule has 20 heavy (non-hydrogen) atoms. The molecule has 2 atom stereocenters. The van der Waals surface area contributed by atoms with Gasteiger partial charge in [0.25, 0.3) is 5.92 Å². The topological polar surface area (TPSA) is 50.4 Å². The Morgan fingerprint density at radius 1 is 1.45 bits per heavy atom. The summed E-state index contributed by atoms with van der Waals surface area (Å²) in [5, 5.41) is 3.12. The van der Waals surface area contributed by atoms with Crippen LogP contribution in [0.15, 0.2) is 40.9 Å². The molecule has 2 unspecified atom stereocenters. The minimum atomic E-state index is -2.81. The van der Waals surface area contributed by atoms with Gasteiger partial charge in [0.05, 0.1) is 0 Å². The highest BCUT2D eigenvalue weighted by Gasteiger charge is 2.28. The molecule has 0 saturated carbocycles. The molecule has 1 heterocycles. The van der Waals surface area contributed by atoms with Gasteiger partial charge in [-0.1, -0.05) is 12.1 Å². The van der Waals surface area contributed by atoms with Crippen LogP contribution in [0.3, 0.4) is 0 Å². The number of alkyl halides is 2. The zero-order chi connectivity index (χ0) is 14.8. The van der Waals surface area contributed by atoms with Crippen molar-refractivity contribution in [3.05, 3.63) is 41.5 Å². The van der Waals surface area contributed by atoms with Crippen molar-refractivity contribution in [2.75, 3.05) is 5.32 Å². The number of allylic oxidation sites excluding steroid dienone is 1. The lowest BCUT2D eigenvalue weighted by Crippen LogP contribution is -2.24. The minimum absolute atomic E-state index is 0.0716. The van der Waals surface area contributed by atoms with E-state index in [1.807, 2.05) is 31.2 Å². The second kappa shape index (κ2) is 5.71. The number of aliphatic imine (C=N–C) groups is 1. The van der Waals surface area contributed by atoms with E-state index in [1.165, 1.54) is 12.3 Å². The lowest BCUT2D eigenvalue weighted by atomic mass is 10.0. The molecule has 108 valence electrons. The van der Waals surface area contributed by atoms with Gasteiger partial charge in [0.15, 0.2) is 0 Å². The Balaban J connectivity index is 2.14. The summed E-state index contributed by atoms with van der Waals surface area (Å²) in [6.45, 7) is 2.80. The van der Waals surface area contributed by atoms with Gasteiger partial charge in [-0.05, 0) is 30.7 Å². The maximum Gasteiger partial charge on any atom is 0.267 e. The number of halogens is 2. The molecule has 0 bridgehead atoms. The smallest absolute Gasteiger partial charge is 0.267 e. The first kappa shape index (κ1) is 14.7. The average molecular weight is 279 g/mol. The Morgan fingerprint density at radius 3 is 2.85 bits per heavy atom. The SMILES string of the molecule is CC(N)c1cccc(NC2C=C(C(C)(F)F)CC=N2)c1. The van der Waals surface area contributed by atoms with Crippen LogP contribution in [-0.2, 0) is 0 Å². The van der Waals surface area contributed by atoms with Gasteiger partial charge in [0, 0.05) is 36.9 Å². The molecule has 0 aromatic heterocycles. The van der Waals surface area contributed by atoms with E-state index in [2.05, 4.69) is 10.3 Å². The summed E-state index contributed by atoms with van der Waals surface area (Å²) in [6, 6.07) is 7.52. The summed E-state index contributed by atoms with van der Waals surface area (Å²) in [6.07, 6.45) is 2.74. The third kappa shape index (κ3) is 3.63. The highest BCUT2D eigenvalue weighted by atomic mass is 19.3. The zero-order valence-corrected chi connectivity index (χ0v) is 11.6. The number of nitrogens with two attached hydrogens (primary N) is 1. The zero-order valence-electron chi connectivity index (χ0n) is 11.6. The van der Waals surface area contributed by atoms with Crippen LogP contribution in [0, 0.1) is 0 Å². The van der Waals surface area contributed by atoms with Crippen LogP contribution < -0.4 is 11.1 Å². The summed E-state index contributed by atoms with van der Waals surface area (Å²) in [7, 11) is 0. The first-order chi connectivity index (χ1) is 9.36. The fraction of sp³-hybridized carbons (Fsp3) is 0.400. The summed E-state index contributed by atoms with van der Waals surface area (Å²) >= 11 is 0. The summed E-state index contributed by atoms with van der Waals surface area (Å²) in [5.74, 6) is -2.81. The third-order valence-electron chi connectivity index (χ3n) is 3.23. The minimum Gasteiger partial charge on any atom is -0.361 e. The standard InChI is InChI=1S/C15H19F2N3/c1-10(18)11-4-3-5-13(8-11)20-14-9-12(6-7-19-14)15(2,16)17/h3-5,7-10,14,20H,6,18H2,1-2H3. The number of benzene rings is 1. The predicted molar refractivity (Wildman–Crippen MR) is 78.3 cm³/mol. The summed E-state index contributed by atoms with van der Waals surface area (Å²) < 4.78 is 26.6. The van der Waals surface area contributed by atoms with Crippen molar-refractivity contribution >= 4 is 11.9 Å². The van der Waals surface area contributed by atoms with E-state index in [-0.39, 0.29) is 18.0 Å². The van der Waals surface area contributed by atoms with Crippen molar-refractivity contribution in [2.24, 2.45) is 10.7 Å². The molecule has 3 N–H and O–H groups in total. The number of hydrogen-bond acceptors (Lipinski definition) is 3. The molecule has 0 radical (unpaired) electrons. The van der Waals surface area contributed by atoms with Crippen molar-refractivity contribution in [1.29, 1.82) is 0 Å². The number of nitrogens with zero attached hydrogens (tertiary/aromatic N) is 1. The van der Waals surface area contributed by atoms with Crippen LogP contribution in [0.5, 0.6) is 0 Å². The quantitative estimate of drug-likeness (QED) is 0.829. The lowest BCUT2D eigenvalue weighted by molar-refractivity contribution is 0.0612. The second-order valence-electron chi connectivity index (χ2n) is 5.12. The summed E-state index contributed by atoms with van der Waals surface area (Å²) in [4.78, 5) is 4.19. The van der Waals surface area contributed by atoms with Crippen molar-refractivity contribution in [2.45, 2.75) is 38.4 Å². The molecule has 0 saturated heterocycles. The molecule has 1 aromatic carbocycles. The highest BCUT2D eigenvalue weighted by molar-refractivity contribution is 5.65. The molecule has 0 fully saturated rings. The Hall–Kier alpha value is -1.75. The van der Waals surface area contributed by atoms with Crippen molar-refractivity contribution in [3.8, 4) is 0 Å². The van der Waals surface area contributed by atoms with Crippen LogP contribution in [0.4, 0.5) is 14.5 Å². The Morgan fingerprint density at radius 2 is 2.20 bits per heavy atom. The van der Waals surface area contributed by atoms with E-state index in [0.29, 0.717) is 0 Å². The average Bonchev–Trinajstić information content (AvgIpc) is 2.38. The van der Waals surface area contributed by atoms with Crippen molar-refractivity contribution in [1.82, 2.24) is 0 Å². The normalized spacial score (nSPS) is 20.4. The first-order valence-electron chi connectivity index (χ1n) is 6.59. The fourth-order valence-corrected chi connectivity index (χ4v) is 2.05. The third-order valence-corrected chi connectivity index (χ3v) is 3.23. The maximum absolute atomic E-state index is 13.3. The molecule has 2 rings (SSSR count). The first-order valence-corrected chi connectivity index (χ1v) is 6.59. The van der Waals surface area contributed by atoms with Crippen LogP contribution >= 0.6 is 0 Å². The molecule has 0 amide bonds. The Labute approximate surface area is 117 Å². The monoisotopic (exact) mass is 279 g/mol. The molecule has 1 aliphatic heterocycles. The molecule has 0 aliphatic carbocycles. The van der Waals surface area contributed by atoms with E-state index in [9.17, 15) is 8.78 Å². The highest BCUT2D eigenvalue weighted by Crippen LogP contribution is 2.28. The van der Waals surface area contributed by atoms with Gasteiger partial charge in [-0.2, -0.15) is 0 Å². The van der Waals surface area contributed by atoms with E-state index >= 15 is 0 Å². The number of dihydropyridines is 1. The fourth-order valence-electron chi connectivity index (χ4n) is 2.05. The van der Waals surface area contributed by atoms with Gasteiger partial charge in [-0.15, -0.1) is 0 Å². The molecular formula is C15H19F2N3. The van der Waals surface area contributed by atoms with E-state index in [0.717, 1.165) is 18.2 Å². The van der Waals surface area contributed by atoms with Gasteiger partial charge >= 0.3 is 0 Å². The van der Waals surface area contributed by atoms with Gasteiger partial charge < -0.3 is 11.1 Å². The van der Waals surface area contributed by atoms with Crippen LogP contribution in [-0.4, -0.2) is 18.3 Å².